The molecular weight excluding hydrogens is 260 g/mol. The first-order valence-electron chi connectivity index (χ1n) is 6.62. The number of carbonyl (C=O) groups is 2. The number of aliphatic carboxylic acids is 1. The average molecular weight is 278 g/mol. The second kappa shape index (κ2) is 5.48. The number of nitrogens with one attached hydrogen (secondary N) is 1. The number of hydrogen-bond donors (Lipinski definition) is 2. The summed E-state index contributed by atoms with van der Waals surface area (Å²) in [5.74, 6) is -1.82. The van der Waals surface area contributed by atoms with Crippen LogP contribution in [0.1, 0.15) is 34.5 Å². The Hall–Kier alpha value is -2.11. The van der Waals surface area contributed by atoms with E-state index in [4.69, 9.17) is 5.11 Å². The van der Waals surface area contributed by atoms with Crippen LogP contribution in [0.15, 0.2) is 10.9 Å². The van der Waals surface area contributed by atoms with Crippen molar-refractivity contribution in [3.8, 4) is 0 Å². The summed E-state index contributed by atoms with van der Waals surface area (Å²) in [6.45, 7) is 4.13. The van der Waals surface area contributed by atoms with Gasteiger partial charge in [0.25, 0.3) is 11.5 Å². The van der Waals surface area contributed by atoms with E-state index in [-0.39, 0.29) is 18.0 Å². The van der Waals surface area contributed by atoms with Gasteiger partial charge in [0.2, 0.25) is 0 Å². The number of nitrogens with zero attached hydrogens (tertiary/aromatic N) is 1. The largest absolute Gasteiger partial charge is 0.481 e. The summed E-state index contributed by atoms with van der Waals surface area (Å²) >= 11 is 0. The van der Waals surface area contributed by atoms with Crippen LogP contribution in [-0.4, -0.2) is 40.0 Å². The Morgan fingerprint density at radius 3 is 2.70 bits per heavy atom. The molecular formula is C14H18N2O4. The van der Waals surface area contributed by atoms with Crippen LogP contribution in [-0.2, 0) is 4.79 Å². The van der Waals surface area contributed by atoms with Gasteiger partial charge in [-0.3, -0.25) is 14.4 Å². The van der Waals surface area contributed by atoms with Crippen molar-refractivity contribution in [3.05, 3.63) is 33.2 Å². The molecule has 6 nitrogen and oxygen atoms in total. The third-order valence-electron chi connectivity index (χ3n) is 3.64. The molecule has 1 amide bonds. The Labute approximate surface area is 116 Å². The quantitative estimate of drug-likeness (QED) is 0.842. The molecule has 6 heteroatoms. The number of piperidine rings is 1. The van der Waals surface area contributed by atoms with E-state index in [1.807, 2.05) is 0 Å². The zero-order chi connectivity index (χ0) is 14.9. The number of amides is 1. The maximum absolute atomic E-state index is 12.4. The number of H-pyrrole nitrogens is 1. The van der Waals surface area contributed by atoms with E-state index < -0.39 is 17.4 Å². The molecule has 0 aliphatic carbocycles. The standard InChI is InChI=1S/C14H18N2O4/c1-8-6-9(2)15-12(17)11(8)13(18)16-5-3-4-10(7-16)14(19)20/h6,10H,3-5,7H2,1-2H3,(H,15,17)(H,19,20). The molecule has 1 unspecified atom stereocenters. The third kappa shape index (κ3) is 2.74. The Morgan fingerprint density at radius 1 is 1.40 bits per heavy atom. The number of carbonyl (C=O) groups excluding carboxylic acids is 1. The fraction of sp³-hybridized carbons (Fsp3) is 0.500. The SMILES string of the molecule is Cc1cc(C)c(C(=O)N2CCCC(C(=O)O)C2)c(=O)[nH]1. The van der Waals surface area contributed by atoms with Crippen molar-refractivity contribution in [2.75, 3.05) is 13.1 Å². The molecule has 1 aliphatic rings. The van der Waals surface area contributed by atoms with E-state index in [1.54, 1.807) is 19.9 Å². The Bertz CT molecular complexity index is 606. The first-order chi connectivity index (χ1) is 9.40. The smallest absolute Gasteiger partial charge is 0.308 e. The highest BCUT2D eigenvalue weighted by molar-refractivity contribution is 5.95. The van der Waals surface area contributed by atoms with Crippen LogP contribution >= 0.6 is 0 Å². The predicted octanol–water partition coefficient (Wildman–Crippen LogP) is 0.929. The van der Waals surface area contributed by atoms with Crippen molar-refractivity contribution < 1.29 is 14.7 Å². The topological polar surface area (TPSA) is 90.5 Å². The highest BCUT2D eigenvalue weighted by Gasteiger charge is 2.30. The van der Waals surface area contributed by atoms with Crippen molar-refractivity contribution in [2.24, 2.45) is 5.92 Å². The fourth-order valence-electron chi connectivity index (χ4n) is 2.64. The van der Waals surface area contributed by atoms with Gasteiger partial charge in [-0.15, -0.1) is 0 Å². The molecule has 1 aromatic heterocycles. The molecule has 108 valence electrons. The number of likely N-dealkylation sites (tertiary alicyclic amines) is 1. The van der Waals surface area contributed by atoms with E-state index in [0.29, 0.717) is 30.6 Å². The first-order valence-corrected chi connectivity index (χ1v) is 6.62. The minimum atomic E-state index is -0.892. The molecule has 0 radical (unpaired) electrons. The van der Waals surface area contributed by atoms with Crippen molar-refractivity contribution in [1.29, 1.82) is 0 Å². The second-order valence-electron chi connectivity index (χ2n) is 5.27. The summed E-state index contributed by atoms with van der Waals surface area (Å²) in [5, 5.41) is 9.05. The number of carboxylic acid groups (broad SMARTS) is 1. The summed E-state index contributed by atoms with van der Waals surface area (Å²) in [4.78, 5) is 39.5. The van der Waals surface area contributed by atoms with Crippen LogP contribution in [0.5, 0.6) is 0 Å². The van der Waals surface area contributed by atoms with Crippen LogP contribution in [0.4, 0.5) is 0 Å². The average Bonchev–Trinajstić information content (AvgIpc) is 2.37. The second-order valence-corrected chi connectivity index (χ2v) is 5.27. The molecule has 20 heavy (non-hydrogen) atoms. The van der Waals surface area contributed by atoms with Crippen molar-refractivity contribution in [3.63, 3.8) is 0 Å². The third-order valence-corrected chi connectivity index (χ3v) is 3.64. The molecule has 0 bridgehead atoms. The number of aromatic amines is 1. The van der Waals surface area contributed by atoms with Crippen molar-refractivity contribution in [2.45, 2.75) is 26.7 Å². The predicted molar refractivity (Wildman–Crippen MR) is 72.8 cm³/mol. The molecule has 0 spiro atoms. The van der Waals surface area contributed by atoms with Gasteiger partial charge in [0.15, 0.2) is 0 Å². The highest BCUT2D eigenvalue weighted by Crippen LogP contribution is 2.19. The number of carboxylic acids is 1. The molecule has 1 aromatic rings. The van der Waals surface area contributed by atoms with Gasteiger partial charge < -0.3 is 15.0 Å². The van der Waals surface area contributed by atoms with Crippen LogP contribution in [0, 0.1) is 19.8 Å². The van der Waals surface area contributed by atoms with Crippen molar-refractivity contribution >= 4 is 11.9 Å². The number of aryl methyl sites for hydroxylation is 2. The molecule has 1 atom stereocenters. The minimum absolute atomic E-state index is 0.113. The van der Waals surface area contributed by atoms with E-state index in [9.17, 15) is 14.4 Å². The lowest BCUT2D eigenvalue weighted by atomic mass is 9.97. The van der Waals surface area contributed by atoms with E-state index in [1.165, 1.54) is 4.90 Å². The van der Waals surface area contributed by atoms with Gasteiger partial charge in [0.1, 0.15) is 5.56 Å². The van der Waals surface area contributed by atoms with Gasteiger partial charge in [-0.2, -0.15) is 0 Å². The van der Waals surface area contributed by atoms with Gasteiger partial charge >= 0.3 is 5.97 Å². The summed E-state index contributed by atoms with van der Waals surface area (Å²) < 4.78 is 0. The maximum atomic E-state index is 12.4. The van der Waals surface area contributed by atoms with Crippen LogP contribution < -0.4 is 5.56 Å². The zero-order valence-corrected chi connectivity index (χ0v) is 11.6. The molecule has 0 aromatic carbocycles. The minimum Gasteiger partial charge on any atom is -0.481 e. The van der Waals surface area contributed by atoms with E-state index in [0.717, 1.165) is 0 Å². The highest BCUT2D eigenvalue weighted by atomic mass is 16.4. The monoisotopic (exact) mass is 278 g/mol. The van der Waals surface area contributed by atoms with Crippen LogP contribution in [0.2, 0.25) is 0 Å². The lowest BCUT2D eigenvalue weighted by Crippen LogP contribution is -2.44. The van der Waals surface area contributed by atoms with Crippen LogP contribution in [0.3, 0.4) is 0 Å². The number of hydrogen-bond acceptors (Lipinski definition) is 3. The Balaban J connectivity index is 2.28. The molecule has 2 rings (SSSR count). The molecule has 2 heterocycles. The normalized spacial score (nSPS) is 18.9. The summed E-state index contributed by atoms with van der Waals surface area (Å²) in [6, 6.07) is 1.74. The van der Waals surface area contributed by atoms with E-state index >= 15 is 0 Å². The molecule has 1 saturated heterocycles. The number of aromatic nitrogens is 1. The van der Waals surface area contributed by atoms with Gasteiger partial charge in [-0.25, -0.2) is 0 Å². The fourth-order valence-corrected chi connectivity index (χ4v) is 2.64. The first kappa shape index (κ1) is 14.3. The number of rotatable bonds is 2. The lowest BCUT2D eigenvalue weighted by Gasteiger charge is -2.30. The molecule has 1 aliphatic heterocycles. The van der Waals surface area contributed by atoms with Gasteiger partial charge in [-0.05, 0) is 38.3 Å². The summed E-state index contributed by atoms with van der Waals surface area (Å²) in [7, 11) is 0. The van der Waals surface area contributed by atoms with Gasteiger partial charge in [-0.1, -0.05) is 0 Å². The Kier molecular flexibility index (Phi) is 3.92. The van der Waals surface area contributed by atoms with Gasteiger partial charge in [0.05, 0.1) is 5.92 Å². The molecule has 0 saturated carbocycles. The number of pyridine rings is 1. The van der Waals surface area contributed by atoms with Gasteiger partial charge in [0, 0.05) is 18.8 Å². The van der Waals surface area contributed by atoms with Crippen molar-refractivity contribution in [1.82, 2.24) is 9.88 Å². The maximum Gasteiger partial charge on any atom is 0.308 e. The van der Waals surface area contributed by atoms with Crippen LogP contribution in [0.25, 0.3) is 0 Å². The zero-order valence-electron chi connectivity index (χ0n) is 11.6. The summed E-state index contributed by atoms with van der Waals surface area (Å²) in [5.41, 5.74) is 1.02. The Morgan fingerprint density at radius 2 is 2.10 bits per heavy atom. The molecule has 2 N–H and O–H groups in total. The molecule has 1 fully saturated rings. The van der Waals surface area contributed by atoms with E-state index in [2.05, 4.69) is 4.98 Å². The lowest BCUT2D eigenvalue weighted by molar-refractivity contribution is -0.143. The summed E-state index contributed by atoms with van der Waals surface area (Å²) in [6.07, 6.45) is 1.22.